The molecule has 6 nitrogen and oxygen atoms in total. The van der Waals surface area contributed by atoms with Crippen molar-refractivity contribution < 1.29 is 14.1 Å². The first kappa shape index (κ1) is 13.1. The molecule has 0 saturated carbocycles. The molecule has 0 aromatic carbocycles. The molecule has 0 radical (unpaired) electrons. The number of rotatable bonds is 3. The molecular formula is C14H19N3O3. The van der Waals surface area contributed by atoms with Gasteiger partial charge in [0.05, 0.1) is 24.5 Å². The quantitative estimate of drug-likeness (QED) is 0.845. The standard InChI is InChI=1S/C14H19N3O3/c1-2-12-15-13(16-20-12)11-6-3-7-17(11)14(18)10-5-4-8-19-9-10/h9,11H,2-8H2,1H3/t11-/m0/s1. The molecule has 0 spiro atoms. The largest absolute Gasteiger partial charge is 0.501 e. The topological polar surface area (TPSA) is 68.5 Å². The van der Waals surface area contributed by atoms with Crippen molar-refractivity contribution in [3.63, 3.8) is 0 Å². The van der Waals surface area contributed by atoms with Crippen LogP contribution in [0.3, 0.4) is 0 Å². The second-order valence-electron chi connectivity index (χ2n) is 5.17. The smallest absolute Gasteiger partial charge is 0.253 e. The van der Waals surface area contributed by atoms with E-state index in [0.717, 1.165) is 37.8 Å². The minimum Gasteiger partial charge on any atom is -0.501 e. The van der Waals surface area contributed by atoms with E-state index in [0.29, 0.717) is 24.7 Å². The highest BCUT2D eigenvalue weighted by molar-refractivity contribution is 5.93. The van der Waals surface area contributed by atoms with E-state index in [1.807, 2.05) is 11.8 Å². The molecule has 2 aliphatic rings. The van der Waals surface area contributed by atoms with Crippen molar-refractivity contribution in [3.05, 3.63) is 23.6 Å². The molecule has 1 saturated heterocycles. The van der Waals surface area contributed by atoms with E-state index in [1.165, 1.54) is 0 Å². The molecule has 20 heavy (non-hydrogen) atoms. The number of likely N-dealkylation sites (tertiary alicyclic amines) is 1. The predicted molar refractivity (Wildman–Crippen MR) is 70.6 cm³/mol. The molecule has 0 unspecified atom stereocenters. The third-order valence-corrected chi connectivity index (χ3v) is 3.81. The van der Waals surface area contributed by atoms with E-state index < -0.39 is 0 Å². The zero-order chi connectivity index (χ0) is 13.9. The molecule has 3 heterocycles. The number of aromatic nitrogens is 2. The van der Waals surface area contributed by atoms with E-state index in [1.54, 1.807) is 6.26 Å². The zero-order valence-electron chi connectivity index (χ0n) is 11.7. The Morgan fingerprint density at radius 2 is 2.40 bits per heavy atom. The maximum absolute atomic E-state index is 12.6. The summed E-state index contributed by atoms with van der Waals surface area (Å²) in [5.74, 6) is 1.31. The van der Waals surface area contributed by atoms with Crippen LogP contribution < -0.4 is 0 Å². The Balaban J connectivity index is 1.78. The fourth-order valence-corrected chi connectivity index (χ4v) is 2.73. The number of carbonyl (C=O) groups is 1. The molecule has 6 heteroatoms. The van der Waals surface area contributed by atoms with Crippen molar-refractivity contribution in [2.75, 3.05) is 13.2 Å². The van der Waals surface area contributed by atoms with E-state index >= 15 is 0 Å². The maximum Gasteiger partial charge on any atom is 0.253 e. The molecule has 1 atom stereocenters. The Bertz CT molecular complexity index is 523. The Hall–Kier alpha value is -1.85. The number of ether oxygens (including phenoxy) is 1. The van der Waals surface area contributed by atoms with Crippen LogP contribution in [0.2, 0.25) is 0 Å². The number of carbonyl (C=O) groups excluding carboxylic acids is 1. The average molecular weight is 277 g/mol. The fourth-order valence-electron chi connectivity index (χ4n) is 2.73. The summed E-state index contributed by atoms with van der Waals surface area (Å²) in [7, 11) is 0. The molecule has 3 rings (SSSR count). The summed E-state index contributed by atoms with van der Waals surface area (Å²) in [4.78, 5) is 18.8. The summed E-state index contributed by atoms with van der Waals surface area (Å²) >= 11 is 0. The minimum absolute atomic E-state index is 0.0510. The molecule has 1 fully saturated rings. The summed E-state index contributed by atoms with van der Waals surface area (Å²) in [5.41, 5.74) is 0.752. The van der Waals surface area contributed by atoms with Crippen LogP contribution >= 0.6 is 0 Å². The highest BCUT2D eigenvalue weighted by atomic mass is 16.5. The maximum atomic E-state index is 12.6. The lowest BCUT2D eigenvalue weighted by atomic mass is 10.1. The third kappa shape index (κ3) is 2.42. The van der Waals surface area contributed by atoms with Gasteiger partial charge in [-0.15, -0.1) is 0 Å². The first-order valence-electron chi connectivity index (χ1n) is 7.23. The van der Waals surface area contributed by atoms with Gasteiger partial charge in [-0.05, 0) is 25.7 Å². The van der Waals surface area contributed by atoms with Crippen molar-refractivity contribution in [2.45, 2.75) is 45.1 Å². The molecule has 0 bridgehead atoms. The Morgan fingerprint density at radius 3 is 3.10 bits per heavy atom. The van der Waals surface area contributed by atoms with Crippen LogP contribution in [0.15, 0.2) is 16.4 Å². The van der Waals surface area contributed by atoms with Gasteiger partial charge in [0.25, 0.3) is 5.91 Å². The third-order valence-electron chi connectivity index (χ3n) is 3.81. The van der Waals surface area contributed by atoms with Gasteiger partial charge in [-0.1, -0.05) is 12.1 Å². The van der Waals surface area contributed by atoms with Crippen molar-refractivity contribution >= 4 is 5.91 Å². The van der Waals surface area contributed by atoms with Gasteiger partial charge in [0.15, 0.2) is 5.82 Å². The van der Waals surface area contributed by atoms with Crippen LogP contribution in [-0.4, -0.2) is 34.1 Å². The molecule has 108 valence electrons. The van der Waals surface area contributed by atoms with Crippen LogP contribution in [0.1, 0.15) is 50.4 Å². The number of amides is 1. The first-order chi connectivity index (χ1) is 9.79. The zero-order valence-corrected chi connectivity index (χ0v) is 11.7. The van der Waals surface area contributed by atoms with Crippen molar-refractivity contribution in [1.29, 1.82) is 0 Å². The Kier molecular flexibility index (Phi) is 3.71. The van der Waals surface area contributed by atoms with E-state index in [4.69, 9.17) is 9.26 Å². The molecule has 0 aliphatic carbocycles. The monoisotopic (exact) mass is 277 g/mol. The predicted octanol–water partition coefficient (Wildman–Crippen LogP) is 1.99. The van der Waals surface area contributed by atoms with E-state index in [-0.39, 0.29) is 11.9 Å². The summed E-state index contributed by atoms with van der Waals surface area (Å²) in [6, 6.07) is -0.0608. The minimum atomic E-state index is -0.0608. The molecule has 0 N–H and O–H groups in total. The molecule has 1 aromatic rings. The second-order valence-corrected chi connectivity index (χ2v) is 5.17. The first-order valence-corrected chi connectivity index (χ1v) is 7.23. The fraction of sp³-hybridized carbons (Fsp3) is 0.643. The lowest BCUT2D eigenvalue weighted by Crippen LogP contribution is -2.33. The number of hydrogen-bond acceptors (Lipinski definition) is 5. The van der Waals surface area contributed by atoms with E-state index in [9.17, 15) is 4.79 Å². The van der Waals surface area contributed by atoms with Gasteiger partial charge >= 0.3 is 0 Å². The van der Waals surface area contributed by atoms with Crippen LogP contribution in [0.4, 0.5) is 0 Å². The van der Waals surface area contributed by atoms with Crippen LogP contribution in [-0.2, 0) is 16.0 Å². The van der Waals surface area contributed by atoms with Crippen molar-refractivity contribution in [3.8, 4) is 0 Å². The average Bonchev–Trinajstić information content (AvgIpc) is 3.15. The lowest BCUT2D eigenvalue weighted by Gasteiger charge is -2.24. The number of nitrogens with zero attached hydrogens (tertiary/aromatic N) is 3. The highest BCUT2D eigenvalue weighted by Gasteiger charge is 2.34. The van der Waals surface area contributed by atoms with Gasteiger partial charge in [-0.3, -0.25) is 4.79 Å². The van der Waals surface area contributed by atoms with Gasteiger partial charge in [0.2, 0.25) is 5.89 Å². The number of hydrogen-bond donors (Lipinski definition) is 0. The van der Waals surface area contributed by atoms with Crippen LogP contribution in [0, 0.1) is 0 Å². The summed E-state index contributed by atoms with van der Waals surface area (Å²) in [6.07, 6.45) is 5.87. The summed E-state index contributed by atoms with van der Waals surface area (Å²) in [6.45, 7) is 3.42. The normalized spacial score (nSPS) is 22.6. The summed E-state index contributed by atoms with van der Waals surface area (Å²) in [5, 5.41) is 4.02. The van der Waals surface area contributed by atoms with Crippen molar-refractivity contribution in [2.24, 2.45) is 0 Å². The van der Waals surface area contributed by atoms with Crippen molar-refractivity contribution in [1.82, 2.24) is 15.0 Å². The number of aryl methyl sites for hydroxylation is 1. The molecular weight excluding hydrogens is 258 g/mol. The SMILES string of the molecule is CCc1nc([C@@H]2CCCN2C(=O)C2=COCCC2)no1. The van der Waals surface area contributed by atoms with Gasteiger partial charge in [0, 0.05) is 13.0 Å². The van der Waals surface area contributed by atoms with Gasteiger partial charge in [-0.2, -0.15) is 4.98 Å². The van der Waals surface area contributed by atoms with Gasteiger partial charge < -0.3 is 14.2 Å². The van der Waals surface area contributed by atoms with Crippen LogP contribution in [0.25, 0.3) is 0 Å². The van der Waals surface area contributed by atoms with Crippen LogP contribution in [0.5, 0.6) is 0 Å². The molecule has 1 aromatic heterocycles. The molecule has 1 amide bonds. The van der Waals surface area contributed by atoms with Gasteiger partial charge in [0.1, 0.15) is 0 Å². The van der Waals surface area contributed by atoms with E-state index in [2.05, 4.69) is 10.1 Å². The Labute approximate surface area is 117 Å². The summed E-state index contributed by atoms with van der Waals surface area (Å²) < 4.78 is 10.4. The lowest BCUT2D eigenvalue weighted by molar-refractivity contribution is -0.128. The highest BCUT2D eigenvalue weighted by Crippen LogP contribution is 2.32. The Morgan fingerprint density at radius 1 is 1.50 bits per heavy atom. The van der Waals surface area contributed by atoms with Gasteiger partial charge in [-0.25, -0.2) is 0 Å². The molecule has 2 aliphatic heterocycles. The second kappa shape index (κ2) is 5.64.